The molecular formula is C18H23N3O5. The van der Waals surface area contributed by atoms with Crippen LogP contribution in [0, 0.1) is 6.92 Å². The Kier molecular flexibility index (Phi) is 5.66. The number of rotatable bonds is 5. The van der Waals surface area contributed by atoms with Gasteiger partial charge in [0.05, 0.1) is 6.54 Å². The standard InChI is InChI=1S/C18H23N3O5/c1-11-6-7-12(20-15(22)10-21(4)5)8-14(11)19-9-13-16(23)25-18(2,3)26-17(13)24/h6-9,19H,10H2,1-5H3,(H,20,22). The number of ether oxygens (including phenoxy) is 2. The van der Waals surface area contributed by atoms with Crippen LogP contribution in [0.5, 0.6) is 0 Å². The molecule has 8 nitrogen and oxygen atoms in total. The molecule has 0 spiro atoms. The topological polar surface area (TPSA) is 97.0 Å². The maximum Gasteiger partial charge on any atom is 0.350 e. The number of nitrogens with one attached hydrogen (secondary N) is 2. The number of cyclic esters (lactones) is 2. The molecule has 1 aliphatic heterocycles. The van der Waals surface area contributed by atoms with Crippen LogP contribution in [0.15, 0.2) is 30.0 Å². The van der Waals surface area contributed by atoms with Crippen LogP contribution in [0.25, 0.3) is 0 Å². The molecule has 0 aromatic heterocycles. The molecule has 140 valence electrons. The van der Waals surface area contributed by atoms with E-state index in [0.717, 1.165) is 5.56 Å². The molecule has 0 unspecified atom stereocenters. The van der Waals surface area contributed by atoms with Crippen LogP contribution in [0.2, 0.25) is 0 Å². The highest BCUT2D eigenvalue weighted by atomic mass is 16.7. The molecule has 0 bridgehead atoms. The third kappa shape index (κ3) is 5.06. The number of anilines is 2. The molecule has 1 heterocycles. The molecule has 0 atom stereocenters. The smallest absolute Gasteiger partial charge is 0.350 e. The second-order valence-corrected chi connectivity index (χ2v) is 6.70. The summed E-state index contributed by atoms with van der Waals surface area (Å²) in [6, 6.07) is 5.29. The summed E-state index contributed by atoms with van der Waals surface area (Å²) in [6.45, 7) is 5.08. The molecule has 1 amide bonds. The minimum atomic E-state index is -1.28. The van der Waals surface area contributed by atoms with Gasteiger partial charge in [-0.05, 0) is 38.7 Å². The van der Waals surface area contributed by atoms with Gasteiger partial charge < -0.3 is 25.0 Å². The van der Waals surface area contributed by atoms with E-state index >= 15 is 0 Å². The first-order valence-corrected chi connectivity index (χ1v) is 8.06. The van der Waals surface area contributed by atoms with Gasteiger partial charge in [-0.3, -0.25) is 4.79 Å². The lowest BCUT2D eigenvalue weighted by atomic mass is 10.1. The summed E-state index contributed by atoms with van der Waals surface area (Å²) in [6.07, 6.45) is 1.24. The largest absolute Gasteiger partial charge is 0.419 e. The monoisotopic (exact) mass is 361 g/mol. The van der Waals surface area contributed by atoms with E-state index in [9.17, 15) is 14.4 Å². The Bertz CT molecular complexity index is 746. The van der Waals surface area contributed by atoms with Gasteiger partial charge in [0.1, 0.15) is 0 Å². The molecule has 2 N–H and O–H groups in total. The van der Waals surface area contributed by atoms with Crippen molar-refractivity contribution in [1.29, 1.82) is 0 Å². The van der Waals surface area contributed by atoms with E-state index in [1.165, 1.54) is 20.0 Å². The van der Waals surface area contributed by atoms with E-state index < -0.39 is 17.7 Å². The SMILES string of the molecule is Cc1ccc(NC(=O)CN(C)C)cc1NC=C1C(=O)OC(C)(C)OC1=O. The molecule has 2 rings (SSSR count). The van der Waals surface area contributed by atoms with Crippen LogP contribution < -0.4 is 10.6 Å². The third-order valence-electron chi connectivity index (χ3n) is 3.47. The highest BCUT2D eigenvalue weighted by Gasteiger charge is 2.38. The summed E-state index contributed by atoms with van der Waals surface area (Å²) in [4.78, 5) is 37.5. The zero-order chi connectivity index (χ0) is 19.5. The minimum absolute atomic E-state index is 0.148. The maximum atomic E-state index is 11.9. The van der Waals surface area contributed by atoms with Crippen molar-refractivity contribution < 1.29 is 23.9 Å². The van der Waals surface area contributed by atoms with Crippen molar-refractivity contribution in [3.8, 4) is 0 Å². The molecule has 8 heteroatoms. The molecule has 0 radical (unpaired) electrons. The van der Waals surface area contributed by atoms with Crippen LogP contribution in [-0.4, -0.2) is 49.2 Å². The number of hydrogen-bond acceptors (Lipinski definition) is 7. The van der Waals surface area contributed by atoms with Gasteiger partial charge in [-0.2, -0.15) is 0 Å². The second kappa shape index (κ2) is 7.57. The van der Waals surface area contributed by atoms with Gasteiger partial charge in [0.25, 0.3) is 5.79 Å². The Morgan fingerprint density at radius 2 is 1.81 bits per heavy atom. The first-order chi connectivity index (χ1) is 12.1. The lowest BCUT2D eigenvalue weighted by Crippen LogP contribution is -2.42. The maximum absolute atomic E-state index is 11.9. The molecule has 0 aliphatic carbocycles. The van der Waals surface area contributed by atoms with Crippen molar-refractivity contribution in [2.24, 2.45) is 0 Å². The number of carbonyl (C=O) groups is 3. The lowest BCUT2D eigenvalue weighted by molar-refractivity contribution is -0.222. The van der Waals surface area contributed by atoms with Crippen LogP contribution in [0.3, 0.4) is 0 Å². The zero-order valence-corrected chi connectivity index (χ0v) is 15.5. The van der Waals surface area contributed by atoms with Crippen molar-refractivity contribution in [3.05, 3.63) is 35.5 Å². The Hall–Kier alpha value is -2.87. The summed E-state index contributed by atoms with van der Waals surface area (Å²) in [5.41, 5.74) is 1.86. The molecule has 1 aliphatic rings. The fourth-order valence-corrected chi connectivity index (χ4v) is 2.27. The lowest BCUT2D eigenvalue weighted by Gasteiger charge is -2.29. The molecule has 1 fully saturated rings. The van der Waals surface area contributed by atoms with Crippen molar-refractivity contribution >= 4 is 29.2 Å². The number of carbonyl (C=O) groups excluding carboxylic acids is 3. The number of esters is 2. The molecule has 26 heavy (non-hydrogen) atoms. The van der Waals surface area contributed by atoms with Gasteiger partial charge >= 0.3 is 11.9 Å². The van der Waals surface area contributed by atoms with Gasteiger partial charge in [-0.25, -0.2) is 9.59 Å². The van der Waals surface area contributed by atoms with Gasteiger partial charge in [0.15, 0.2) is 5.57 Å². The fourth-order valence-electron chi connectivity index (χ4n) is 2.27. The molecule has 0 saturated carbocycles. The van der Waals surface area contributed by atoms with Crippen LogP contribution in [-0.2, 0) is 23.9 Å². The zero-order valence-electron chi connectivity index (χ0n) is 15.5. The summed E-state index contributed by atoms with van der Waals surface area (Å²) in [5, 5.41) is 5.68. The average Bonchev–Trinajstić information content (AvgIpc) is 2.47. The van der Waals surface area contributed by atoms with Gasteiger partial charge in [0.2, 0.25) is 5.91 Å². The second-order valence-electron chi connectivity index (χ2n) is 6.70. The highest BCUT2D eigenvalue weighted by Crippen LogP contribution is 2.24. The number of likely N-dealkylation sites (N-methyl/N-ethyl adjacent to an activating group) is 1. The van der Waals surface area contributed by atoms with Gasteiger partial charge in [-0.15, -0.1) is 0 Å². The minimum Gasteiger partial charge on any atom is -0.419 e. The van der Waals surface area contributed by atoms with Crippen molar-refractivity contribution in [3.63, 3.8) is 0 Å². The predicted molar refractivity (Wildman–Crippen MR) is 96.3 cm³/mol. The molecular weight excluding hydrogens is 338 g/mol. The average molecular weight is 361 g/mol. The summed E-state index contributed by atoms with van der Waals surface area (Å²) >= 11 is 0. The summed E-state index contributed by atoms with van der Waals surface area (Å²) in [7, 11) is 3.61. The van der Waals surface area contributed by atoms with Gasteiger partial charge in [0, 0.05) is 31.4 Å². The molecule has 1 aromatic rings. The van der Waals surface area contributed by atoms with Crippen LogP contribution >= 0.6 is 0 Å². The highest BCUT2D eigenvalue weighted by molar-refractivity contribution is 6.15. The van der Waals surface area contributed by atoms with Crippen LogP contribution in [0.1, 0.15) is 19.4 Å². The predicted octanol–water partition coefficient (Wildman–Crippen LogP) is 1.63. The number of hydrogen-bond donors (Lipinski definition) is 2. The number of nitrogens with zero attached hydrogens (tertiary/aromatic N) is 1. The normalized spacial score (nSPS) is 16.0. The quantitative estimate of drug-likeness (QED) is 0.467. The Balaban J connectivity index is 2.14. The first-order valence-electron chi connectivity index (χ1n) is 8.06. The number of amides is 1. The fraction of sp³-hybridized carbons (Fsp3) is 0.389. The van der Waals surface area contributed by atoms with Crippen molar-refractivity contribution in [1.82, 2.24) is 4.90 Å². The Labute approximate surface area is 152 Å². The van der Waals surface area contributed by atoms with E-state index in [4.69, 9.17) is 9.47 Å². The Morgan fingerprint density at radius 1 is 1.19 bits per heavy atom. The van der Waals surface area contributed by atoms with Crippen LogP contribution in [0.4, 0.5) is 11.4 Å². The number of benzene rings is 1. The van der Waals surface area contributed by atoms with E-state index in [2.05, 4.69) is 10.6 Å². The van der Waals surface area contributed by atoms with E-state index in [0.29, 0.717) is 11.4 Å². The van der Waals surface area contributed by atoms with Crippen molar-refractivity contribution in [2.45, 2.75) is 26.6 Å². The Morgan fingerprint density at radius 3 is 2.38 bits per heavy atom. The van der Waals surface area contributed by atoms with E-state index in [1.54, 1.807) is 31.1 Å². The molecule has 1 saturated heterocycles. The number of aryl methyl sites for hydroxylation is 1. The molecule has 1 aromatic carbocycles. The summed E-state index contributed by atoms with van der Waals surface area (Å²) in [5.74, 6) is -2.94. The third-order valence-corrected chi connectivity index (χ3v) is 3.47. The summed E-state index contributed by atoms with van der Waals surface area (Å²) < 4.78 is 10.1. The van der Waals surface area contributed by atoms with Gasteiger partial charge in [-0.1, -0.05) is 6.07 Å². The first kappa shape index (κ1) is 19.5. The van der Waals surface area contributed by atoms with Crippen molar-refractivity contribution in [2.75, 3.05) is 31.3 Å². The van der Waals surface area contributed by atoms with E-state index in [1.807, 2.05) is 13.0 Å². The van der Waals surface area contributed by atoms with E-state index in [-0.39, 0.29) is 18.0 Å².